The van der Waals surface area contributed by atoms with Crippen molar-refractivity contribution in [3.05, 3.63) is 46.6 Å². The predicted octanol–water partition coefficient (Wildman–Crippen LogP) is 4.96. The second-order valence-electron chi connectivity index (χ2n) is 10.2. The third-order valence-corrected chi connectivity index (χ3v) is 6.47. The number of rotatable bonds is 11. The van der Waals surface area contributed by atoms with E-state index < -0.39 is 35.0 Å². The minimum atomic E-state index is -1.01. The molecule has 0 heterocycles. The van der Waals surface area contributed by atoms with Gasteiger partial charge in [-0.05, 0) is 51.7 Å². The standard InChI is InChI=1S/C28H42O6/c1-7-9-15-33-25(29)23(21-11-13-27(5,31)17-19(21)3)24(26(30)34-16-10-8-2)22-12-14-28(6,32)18-20(22)4/h11-14,23-24,31-32H,7-10,15-18H2,1-6H3. The van der Waals surface area contributed by atoms with Crippen molar-refractivity contribution in [1.29, 1.82) is 0 Å². The average molecular weight is 475 g/mol. The fourth-order valence-electron chi connectivity index (χ4n) is 4.66. The summed E-state index contributed by atoms with van der Waals surface area (Å²) in [6, 6.07) is 0. The quantitative estimate of drug-likeness (QED) is 0.325. The molecular weight excluding hydrogens is 432 g/mol. The first-order valence-electron chi connectivity index (χ1n) is 12.5. The topological polar surface area (TPSA) is 93.1 Å². The van der Waals surface area contributed by atoms with Crippen LogP contribution in [0.25, 0.3) is 0 Å². The predicted molar refractivity (Wildman–Crippen MR) is 133 cm³/mol. The Labute approximate surface area is 204 Å². The first-order chi connectivity index (χ1) is 15.9. The number of ether oxygens (including phenoxy) is 2. The summed E-state index contributed by atoms with van der Waals surface area (Å²) in [5, 5.41) is 21.0. The first kappa shape index (κ1) is 28.1. The molecule has 0 amide bonds. The molecule has 2 aliphatic rings. The van der Waals surface area contributed by atoms with Crippen molar-refractivity contribution in [3.8, 4) is 0 Å². The fourth-order valence-corrected chi connectivity index (χ4v) is 4.66. The van der Waals surface area contributed by atoms with Crippen LogP contribution in [0, 0.1) is 11.8 Å². The van der Waals surface area contributed by atoms with E-state index in [4.69, 9.17) is 9.47 Å². The van der Waals surface area contributed by atoms with E-state index in [0.29, 0.717) is 24.0 Å². The molecule has 0 aromatic heterocycles. The molecule has 2 N–H and O–H groups in total. The Kier molecular flexibility index (Phi) is 9.89. The highest BCUT2D eigenvalue weighted by Gasteiger charge is 2.43. The molecule has 0 spiro atoms. The van der Waals surface area contributed by atoms with Gasteiger partial charge in [-0.25, -0.2) is 0 Å². The molecule has 0 aliphatic heterocycles. The summed E-state index contributed by atoms with van der Waals surface area (Å²) in [6.07, 6.45) is 10.8. The van der Waals surface area contributed by atoms with Crippen LogP contribution in [0.2, 0.25) is 0 Å². The van der Waals surface area contributed by atoms with E-state index in [1.165, 1.54) is 0 Å². The van der Waals surface area contributed by atoms with Crippen molar-refractivity contribution in [2.24, 2.45) is 11.8 Å². The van der Waals surface area contributed by atoms with Gasteiger partial charge in [0.25, 0.3) is 0 Å². The second-order valence-corrected chi connectivity index (χ2v) is 10.2. The van der Waals surface area contributed by atoms with E-state index >= 15 is 0 Å². The van der Waals surface area contributed by atoms with Gasteiger partial charge in [-0.1, -0.05) is 62.1 Å². The van der Waals surface area contributed by atoms with Crippen molar-refractivity contribution in [2.75, 3.05) is 13.2 Å². The summed E-state index contributed by atoms with van der Waals surface area (Å²) in [5.41, 5.74) is 0.996. The van der Waals surface area contributed by atoms with Crippen molar-refractivity contribution in [3.63, 3.8) is 0 Å². The molecule has 0 fully saturated rings. The third-order valence-electron chi connectivity index (χ3n) is 6.47. The lowest BCUT2D eigenvalue weighted by molar-refractivity contribution is -0.157. The molecular formula is C28H42O6. The van der Waals surface area contributed by atoms with Gasteiger partial charge in [0.15, 0.2) is 0 Å². The largest absolute Gasteiger partial charge is 0.465 e. The molecule has 190 valence electrons. The van der Waals surface area contributed by atoms with E-state index in [9.17, 15) is 19.8 Å². The van der Waals surface area contributed by atoms with Crippen LogP contribution in [-0.4, -0.2) is 46.6 Å². The van der Waals surface area contributed by atoms with Crippen LogP contribution in [0.1, 0.15) is 80.1 Å². The lowest BCUT2D eigenvalue weighted by Crippen LogP contribution is -2.38. The Balaban J connectivity index is 2.58. The monoisotopic (exact) mass is 474 g/mol. The number of esters is 2. The Morgan fingerprint density at radius 1 is 0.824 bits per heavy atom. The summed E-state index contributed by atoms with van der Waals surface area (Å²) < 4.78 is 11.3. The summed E-state index contributed by atoms with van der Waals surface area (Å²) in [4.78, 5) is 27.0. The second kappa shape index (κ2) is 12.0. The lowest BCUT2D eigenvalue weighted by Gasteiger charge is -2.34. The Hall–Kier alpha value is -2.18. The molecule has 4 atom stereocenters. The smallest absolute Gasteiger partial charge is 0.314 e. The third kappa shape index (κ3) is 7.41. The average Bonchev–Trinajstić information content (AvgIpc) is 2.72. The summed E-state index contributed by atoms with van der Waals surface area (Å²) in [6.45, 7) is 11.8. The number of carbonyl (C=O) groups is 2. The Morgan fingerprint density at radius 3 is 1.47 bits per heavy atom. The summed E-state index contributed by atoms with van der Waals surface area (Å²) in [7, 11) is 0. The van der Waals surface area contributed by atoms with Gasteiger partial charge in [-0.2, -0.15) is 0 Å². The molecule has 0 bridgehead atoms. The molecule has 6 nitrogen and oxygen atoms in total. The highest BCUT2D eigenvalue weighted by Crippen LogP contribution is 2.41. The van der Waals surface area contributed by atoms with E-state index in [-0.39, 0.29) is 13.2 Å². The van der Waals surface area contributed by atoms with Gasteiger partial charge in [0, 0.05) is 12.8 Å². The molecule has 4 unspecified atom stereocenters. The van der Waals surface area contributed by atoms with Crippen molar-refractivity contribution >= 4 is 11.9 Å². The van der Waals surface area contributed by atoms with Crippen LogP contribution in [0.3, 0.4) is 0 Å². The maximum Gasteiger partial charge on any atom is 0.314 e. The van der Waals surface area contributed by atoms with Gasteiger partial charge >= 0.3 is 11.9 Å². The number of allylic oxidation sites excluding steroid dienone is 2. The molecule has 0 saturated carbocycles. The Morgan fingerprint density at radius 2 is 1.18 bits per heavy atom. The van der Waals surface area contributed by atoms with Crippen molar-refractivity contribution in [1.82, 2.24) is 0 Å². The van der Waals surface area contributed by atoms with E-state index in [2.05, 4.69) is 0 Å². The van der Waals surface area contributed by atoms with Crippen LogP contribution >= 0.6 is 0 Å². The van der Waals surface area contributed by atoms with Gasteiger partial charge in [-0.15, -0.1) is 0 Å². The number of hydrogen-bond acceptors (Lipinski definition) is 6. The van der Waals surface area contributed by atoms with Crippen LogP contribution in [0.15, 0.2) is 46.6 Å². The van der Waals surface area contributed by atoms with Gasteiger partial charge in [0.1, 0.15) is 0 Å². The fraction of sp³-hybridized carbons (Fsp3) is 0.643. The summed E-state index contributed by atoms with van der Waals surface area (Å²) in [5.74, 6) is -2.76. The van der Waals surface area contributed by atoms with Crippen molar-refractivity contribution in [2.45, 2.75) is 91.3 Å². The number of unbranched alkanes of at least 4 members (excludes halogenated alkanes) is 2. The zero-order valence-electron chi connectivity index (χ0n) is 21.6. The van der Waals surface area contributed by atoms with E-state index in [0.717, 1.165) is 36.8 Å². The van der Waals surface area contributed by atoms with Crippen molar-refractivity contribution < 1.29 is 29.3 Å². The van der Waals surface area contributed by atoms with Crippen LogP contribution in [0.5, 0.6) is 0 Å². The lowest BCUT2D eigenvalue weighted by atomic mass is 9.72. The normalized spacial score (nSPS) is 26.5. The molecule has 34 heavy (non-hydrogen) atoms. The molecule has 0 saturated heterocycles. The molecule has 2 aliphatic carbocycles. The molecule has 0 aromatic rings. The number of carbonyl (C=O) groups excluding carboxylic acids is 2. The molecule has 0 aromatic carbocycles. The first-order valence-corrected chi connectivity index (χ1v) is 12.5. The molecule has 0 radical (unpaired) electrons. The minimum absolute atomic E-state index is 0.278. The maximum absolute atomic E-state index is 13.5. The van der Waals surface area contributed by atoms with Crippen LogP contribution < -0.4 is 0 Å². The van der Waals surface area contributed by atoms with Gasteiger partial charge < -0.3 is 19.7 Å². The number of hydrogen-bond donors (Lipinski definition) is 2. The minimum Gasteiger partial charge on any atom is -0.465 e. The highest BCUT2D eigenvalue weighted by molar-refractivity contribution is 5.88. The number of aliphatic hydroxyl groups is 2. The van der Waals surface area contributed by atoms with Crippen LogP contribution in [0.4, 0.5) is 0 Å². The zero-order chi connectivity index (χ0) is 25.5. The van der Waals surface area contributed by atoms with Crippen LogP contribution in [-0.2, 0) is 19.1 Å². The SMILES string of the molecule is CCCCOC(=O)C(C1=C(C)CC(C)(O)C=C1)C(C(=O)OCCCC)C1=C(C)CC(C)(O)C=C1. The van der Waals surface area contributed by atoms with Gasteiger partial charge in [0.05, 0.1) is 36.3 Å². The maximum atomic E-state index is 13.5. The van der Waals surface area contributed by atoms with Gasteiger partial charge in [0.2, 0.25) is 0 Å². The van der Waals surface area contributed by atoms with E-state index in [1.807, 2.05) is 27.7 Å². The van der Waals surface area contributed by atoms with Gasteiger partial charge in [-0.3, -0.25) is 9.59 Å². The highest BCUT2D eigenvalue weighted by atomic mass is 16.5. The molecule has 2 rings (SSSR count). The molecule has 6 heteroatoms. The van der Waals surface area contributed by atoms with E-state index in [1.54, 1.807) is 38.2 Å². The Bertz CT molecular complexity index is 799. The summed E-state index contributed by atoms with van der Waals surface area (Å²) >= 11 is 0. The zero-order valence-corrected chi connectivity index (χ0v) is 21.6.